The van der Waals surface area contributed by atoms with Gasteiger partial charge in [-0.1, -0.05) is 27.2 Å². The Hall–Kier alpha value is -0.240. The Labute approximate surface area is 91.4 Å². The maximum atomic E-state index is 11.6. The monoisotopic (exact) mass is 217 g/mol. The smallest absolute Gasteiger partial charge is 0.224 e. The molecule has 1 fully saturated rings. The van der Waals surface area contributed by atoms with Crippen LogP contribution in [0, 0.1) is 11.3 Å². The van der Waals surface area contributed by atoms with Crippen LogP contribution in [0.15, 0.2) is 0 Å². The van der Waals surface area contributed by atoms with Crippen LogP contribution in [-0.2, 0) is 4.79 Å². The third-order valence-electron chi connectivity index (χ3n) is 3.25. The highest BCUT2D eigenvalue weighted by Gasteiger charge is 2.35. The molecular formula is C11H20ClNO. The van der Waals surface area contributed by atoms with Gasteiger partial charge in [0.25, 0.3) is 0 Å². The van der Waals surface area contributed by atoms with Gasteiger partial charge in [-0.15, -0.1) is 11.6 Å². The predicted octanol–water partition coefficient (Wildman–Crippen LogP) is 2.56. The Kier molecular flexibility index (Phi) is 3.82. The van der Waals surface area contributed by atoms with E-state index >= 15 is 0 Å². The van der Waals surface area contributed by atoms with Crippen LogP contribution in [0.1, 0.15) is 40.0 Å². The van der Waals surface area contributed by atoms with Crippen LogP contribution in [0.2, 0.25) is 0 Å². The fourth-order valence-electron chi connectivity index (χ4n) is 1.98. The second-order valence-electron chi connectivity index (χ2n) is 5.00. The number of carbonyl (C=O) groups is 1. The fourth-order valence-corrected chi connectivity index (χ4v) is 2.12. The molecule has 0 aromatic rings. The Bertz CT molecular complexity index is 215. The minimum absolute atomic E-state index is 0.0759. The van der Waals surface area contributed by atoms with E-state index in [2.05, 4.69) is 19.2 Å². The summed E-state index contributed by atoms with van der Waals surface area (Å²) in [6.07, 6.45) is 3.52. The first kappa shape index (κ1) is 11.8. The van der Waals surface area contributed by atoms with E-state index in [0.29, 0.717) is 11.9 Å². The van der Waals surface area contributed by atoms with E-state index in [9.17, 15) is 4.79 Å². The van der Waals surface area contributed by atoms with E-state index in [1.807, 2.05) is 6.92 Å². The zero-order valence-electron chi connectivity index (χ0n) is 9.27. The molecular weight excluding hydrogens is 198 g/mol. The lowest BCUT2D eigenvalue weighted by Gasteiger charge is -2.28. The first-order valence-electron chi connectivity index (χ1n) is 5.33. The molecule has 1 N–H and O–H groups in total. The number of halogens is 1. The second kappa shape index (κ2) is 4.52. The number of carbonyl (C=O) groups excluding carboxylic acids is 1. The lowest BCUT2D eigenvalue weighted by molar-refractivity contribution is -0.125. The van der Waals surface area contributed by atoms with Gasteiger partial charge in [-0.3, -0.25) is 4.79 Å². The van der Waals surface area contributed by atoms with E-state index in [-0.39, 0.29) is 17.2 Å². The maximum Gasteiger partial charge on any atom is 0.224 e. The van der Waals surface area contributed by atoms with Gasteiger partial charge in [0, 0.05) is 17.8 Å². The van der Waals surface area contributed by atoms with E-state index in [1.54, 1.807) is 0 Å². The van der Waals surface area contributed by atoms with Gasteiger partial charge in [0.2, 0.25) is 5.91 Å². The van der Waals surface area contributed by atoms with Gasteiger partial charge in [-0.25, -0.2) is 0 Å². The molecule has 0 aliphatic heterocycles. The van der Waals surface area contributed by atoms with Gasteiger partial charge in [0.15, 0.2) is 0 Å². The van der Waals surface area contributed by atoms with Crippen molar-refractivity contribution in [1.82, 2.24) is 5.32 Å². The number of rotatable bonds is 3. The van der Waals surface area contributed by atoms with Gasteiger partial charge in [-0.05, 0) is 18.3 Å². The van der Waals surface area contributed by atoms with Crippen molar-refractivity contribution in [2.24, 2.45) is 11.3 Å². The molecule has 2 nitrogen and oxygen atoms in total. The van der Waals surface area contributed by atoms with Crippen LogP contribution in [-0.4, -0.2) is 17.8 Å². The molecule has 14 heavy (non-hydrogen) atoms. The van der Waals surface area contributed by atoms with Crippen LogP contribution in [0.4, 0.5) is 0 Å². The molecule has 2 unspecified atom stereocenters. The van der Waals surface area contributed by atoms with Crippen LogP contribution in [0.5, 0.6) is 0 Å². The lowest BCUT2D eigenvalue weighted by Crippen LogP contribution is -2.44. The van der Waals surface area contributed by atoms with Crippen molar-refractivity contribution < 1.29 is 4.79 Å². The first-order chi connectivity index (χ1) is 6.47. The van der Waals surface area contributed by atoms with Crippen molar-refractivity contribution in [3.05, 3.63) is 0 Å². The average Bonchev–Trinajstić information content (AvgIpc) is 2.44. The molecule has 1 aliphatic rings. The quantitative estimate of drug-likeness (QED) is 0.724. The summed E-state index contributed by atoms with van der Waals surface area (Å²) in [6.45, 7) is 6.30. The third kappa shape index (κ3) is 2.63. The van der Waals surface area contributed by atoms with Gasteiger partial charge < -0.3 is 5.32 Å². The number of alkyl halides is 1. The van der Waals surface area contributed by atoms with Crippen LogP contribution in [0.3, 0.4) is 0 Å². The highest BCUT2D eigenvalue weighted by Crippen LogP contribution is 2.37. The highest BCUT2D eigenvalue weighted by molar-refractivity contribution is 6.19. The Morgan fingerprint density at radius 1 is 1.64 bits per heavy atom. The predicted molar refractivity (Wildman–Crippen MR) is 59.4 cm³/mol. The summed E-state index contributed by atoms with van der Waals surface area (Å²) >= 11 is 5.64. The van der Waals surface area contributed by atoms with Crippen molar-refractivity contribution in [2.45, 2.75) is 46.1 Å². The molecule has 0 aromatic heterocycles. The molecule has 1 saturated carbocycles. The number of nitrogens with one attached hydrogen (secondary N) is 1. The third-order valence-corrected chi connectivity index (χ3v) is 3.72. The molecule has 3 heteroatoms. The molecule has 2 atom stereocenters. The minimum Gasteiger partial charge on any atom is -0.353 e. The molecule has 0 spiro atoms. The van der Waals surface area contributed by atoms with E-state index in [1.165, 1.54) is 12.8 Å². The van der Waals surface area contributed by atoms with Crippen molar-refractivity contribution in [3.63, 3.8) is 0 Å². The van der Waals surface area contributed by atoms with E-state index in [0.717, 1.165) is 6.42 Å². The van der Waals surface area contributed by atoms with E-state index < -0.39 is 0 Å². The van der Waals surface area contributed by atoms with Gasteiger partial charge in [0.05, 0.1) is 0 Å². The summed E-state index contributed by atoms with van der Waals surface area (Å²) in [7, 11) is 0. The molecule has 0 bridgehead atoms. The summed E-state index contributed by atoms with van der Waals surface area (Å²) in [5, 5.41) is 3.10. The van der Waals surface area contributed by atoms with Crippen LogP contribution >= 0.6 is 11.6 Å². The zero-order chi connectivity index (χ0) is 10.8. The minimum atomic E-state index is -0.0759. The SMILES string of the molecule is CC(CCl)C(=O)NC1CCCC1(C)C. The largest absolute Gasteiger partial charge is 0.353 e. The fraction of sp³-hybridized carbons (Fsp3) is 0.909. The summed E-state index contributed by atoms with van der Waals surface area (Å²) in [6, 6.07) is 0.334. The summed E-state index contributed by atoms with van der Waals surface area (Å²) < 4.78 is 0. The van der Waals surface area contributed by atoms with Crippen molar-refractivity contribution in [3.8, 4) is 0 Å². The molecule has 0 aromatic carbocycles. The molecule has 1 aliphatic carbocycles. The lowest BCUT2D eigenvalue weighted by atomic mass is 9.87. The topological polar surface area (TPSA) is 29.1 Å². The van der Waals surface area contributed by atoms with Crippen LogP contribution < -0.4 is 5.32 Å². The molecule has 1 amide bonds. The summed E-state index contributed by atoms with van der Waals surface area (Å²) in [5.41, 5.74) is 0.252. The van der Waals surface area contributed by atoms with Gasteiger partial charge in [-0.2, -0.15) is 0 Å². The summed E-state index contributed by atoms with van der Waals surface area (Å²) in [5.74, 6) is 0.423. The zero-order valence-corrected chi connectivity index (χ0v) is 10.0. The number of hydrogen-bond donors (Lipinski definition) is 1. The Morgan fingerprint density at radius 3 is 2.71 bits per heavy atom. The molecule has 0 saturated heterocycles. The van der Waals surface area contributed by atoms with E-state index in [4.69, 9.17) is 11.6 Å². The molecule has 82 valence electrons. The van der Waals surface area contributed by atoms with Crippen molar-refractivity contribution in [1.29, 1.82) is 0 Å². The molecule has 1 rings (SSSR count). The average molecular weight is 218 g/mol. The normalized spacial score (nSPS) is 27.3. The second-order valence-corrected chi connectivity index (χ2v) is 5.31. The summed E-state index contributed by atoms with van der Waals surface area (Å²) in [4.78, 5) is 11.6. The number of amides is 1. The first-order valence-corrected chi connectivity index (χ1v) is 5.87. The molecule has 0 heterocycles. The van der Waals surface area contributed by atoms with Gasteiger partial charge in [0.1, 0.15) is 0 Å². The Morgan fingerprint density at radius 2 is 2.29 bits per heavy atom. The molecule has 0 radical (unpaired) electrons. The van der Waals surface area contributed by atoms with Gasteiger partial charge >= 0.3 is 0 Å². The van der Waals surface area contributed by atoms with Crippen molar-refractivity contribution >= 4 is 17.5 Å². The standard InChI is InChI=1S/C11H20ClNO/c1-8(7-12)10(14)13-9-5-4-6-11(9,2)3/h8-9H,4-7H2,1-3H3,(H,13,14). The maximum absolute atomic E-state index is 11.6. The highest BCUT2D eigenvalue weighted by atomic mass is 35.5. The Balaban J connectivity index is 2.48. The van der Waals surface area contributed by atoms with Crippen molar-refractivity contribution in [2.75, 3.05) is 5.88 Å². The van der Waals surface area contributed by atoms with Crippen LogP contribution in [0.25, 0.3) is 0 Å². The number of hydrogen-bond acceptors (Lipinski definition) is 1.